The average molecular weight is 367 g/mol. The van der Waals surface area contributed by atoms with Gasteiger partial charge in [0.25, 0.3) is 0 Å². The molecule has 0 bridgehead atoms. The van der Waals surface area contributed by atoms with Crippen LogP contribution in [0.3, 0.4) is 0 Å². The first kappa shape index (κ1) is 17.5. The van der Waals surface area contributed by atoms with E-state index in [4.69, 9.17) is 0 Å². The van der Waals surface area contributed by atoms with Gasteiger partial charge in [-0.3, -0.25) is 9.20 Å². The summed E-state index contributed by atoms with van der Waals surface area (Å²) in [6, 6.07) is 10.5. The molecule has 2 aromatic heterocycles. The van der Waals surface area contributed by atoms with Crippen molar-refractivity contribution in [1.82, 2.24) is 14.6 Å². The van der Waals surface area contributed by atoms with Gasteiger partial charge in [-0.1, -0.05) is 6.07 Å². The predicted molar refractivity (Wildman–Crippen MR) is 102 cm³/mol. The molecule has 0 radical (unpaired) electrons. The smallest absolute Gasteiger partial charge is 0.231 e. The number of nitrogens with one attached hydrogen (secondary N) is 1. The Morgan fingerprint density at radius 1 is 1.22 bits per heavy atom. The van der Waals surface area contributed by atoms with Crippen molar-refractivity contribution in [3.63, 3.8) is 0 Å². The Hall–Kier alpha value is -2.96. The van der Waals surface area contributed by atoms with Crippen LogP contribution in [0.2, 0.25) is 0 Å². The van der Waals surface area contributed by atoms with Crippen molar-refractivity contribution >= 4 is 23.2 Å². The predicted octanol–water partition coefficient (Wildman–Crippen LogP) is 3.34. The van der Waals surface area contributed by atoms with Crippen LogP contribution in [0, 0.1) is 25.6 Å². The van der Waals surface area contributed by atoms with Gasteiger partial charge in [0.1, 0.15) is 5.82 Å². The highest BCUT2D eigenvalue weighted by Gasteiger charge is 2.28. The number of halogens is 1. The fraction of sp³-hybridized carbons (Fsp3) is 0.350. The molecular formula is C20H22FN5O. The molecule has 1 aliphatic rings. The van der Waals surface area contributed by atoms with E-state index in [-0.39, 0.29) is 17.6 Å². The van der Waals surface area contributed by atoms with Crippen molar-refractivity contribution in [3.05, 3.63) is 53.5 Å². The van der Waals surface area contributed by atoms with Gasteiger partial charge >= 0.3 is 0 Å². The van der Waals surface area contributed by atoms with Crippen molar-refractivity contribution in [2.24, 2.45) is 5.92 Å². The lowest BCUT2D eigenvalue weighted by Gasteiger charge is -2.32. The molecule has 4 rings (SSSR count). The maximum atomic E-state index is 13.4. The highest BCUT2D eigenvalue weighted by atomic mass is 19.1. The number of piperidine rings is 1. The molecular weight excluding hydrogens is 345 g/mol. The number of carbonyl (C=O) groups excluding carboxylic acids is 1. The minimum atomic E-state index is -0.272. The van der Waals surface area contributed by atoms with E-state index in [2.05, 4.69) is 20.4 Å². The molecule has 7 heteroatoms. The van der Waals surface area contributed by atoms with Gasteiger partial charge in [-0.05, 0) is 62.6 Å². The van der Waals surface area contributed by atoms with E-state index in [0.29, 0.717) is 17.8 Å². The number of rotatable bonds is 3. The van der Waals surface area contributed by atoms with Crippen molar-refractivity contribution in [2.45, 2.75) is 26.7 Å². The van der Waals surface area contributed by atoms with Crippen molar-refractivity contribution in [2.75, 3.05) is 23.3 Å². The summed E-state index contributed by atoms with van der Waals surface area (Å²) in [5, 5.41) is 11.5. The van der Waals surface area contributed by atoms with Crippen molar-refractivity contribution in [3.8, 4) is 0 Å². The Balaban J connectivity index is 1.52. The number of aryl methyl sites for hydroxylation is 2. The van der Waals surface area contributed by atoms with E-state index in [9.17, 15) is 9.18 Å². The summed E-state index contributed by atoms with van der Waals surface area (Å²) in [6.45, 7) is 5.13. The van der Waals surface area contributed by atoms with E-state index >= 15 is 0 Å². The van der Waals surface area contributed by atoms with E-state index in [1.807, 2.05) is 29.5 Å². The Kier molecular flexibility index (Phi) is 4.51. The highest BCUT2D eigenvalue weighted by molar-refractivity contribution is 5.93. The number of amides is 1. The summed E-state index contributed by atoms with van der Waals surface area (Å²) in [7, 11) is 0. The van der Waals surface area contributed by atoms with Crippen LogP contribution in [0.25, 0.3) is 5.65 Å². The molecule has 0 aliphatic carbocycles. The molecule has 1 N–H and O–H groups in total. The van der Waals surface area contributed by atoms with Crippen LogP contribution in [0.1, 0.15) is 24.1 Å². The maximum Gasteiger partial charge on any atom is 0.231 e. The van der Waals surface area contributed by atoms with Crippen LogP contribution < -0.4 is 10.2 Å². The first-order valence-electron chi connectivity index (χ1n) is 9.15. The fourth-order valence-corrected chi connectivity index (χ4v) is 3.63. The number of aromatic nitrogens is 3. The zero-order valence-corrected chi connectivity index (χ0v) is 15.4. The minimum absolute atomic E-state index is 0.0451. The Labute approximate surface area is 157 Å². The Bertz CT molecular complexity index is 999. The molecule has 6 nitrogen and oxygen atoms in total. The van der Waals surface area contributed by atoms with Gasteiger partial charge in [0.05, 0.1) is 5.92 Å². The molecule has 1 aromatic carbocycles. The van der Waals surface area contributed by atoms with Gasteiger partial charge in [-0.2, -0.15) is 0 Å². The highest BCUT2D eigenvalue weighted by Crippen LogP contribution is 2.25. The Morgan fingerprint density at radius 3 is 2.89 bits per heavy atom. The van der Waals surface area contributed by atoms with Crippen molar-refractivity contribution in [1.29, 1.82) is 0 Å². The van der Waals surface area contributed by atoms with E-state index in [1.165, 1.54) is 6.07 Å². The number of benzene rings is 1. The van der Waals surface area contributed by atoms with E-state index in [1.54, 1.807) is 19.1 Å². The number of hydrogen-bond donors (Lipinski definition) is 1. The van der Waals surface area contributed by atoms with Crippen LogP contribution in [-0.2, 0) is 4.79 Å². The monoisotopic (exact) mass is 367 g/mol. The zero-order valence-electron chi connectivity index (χ0n) is 15.4. The van der Waals surface area contributed by atoms with Gasteiger partial charge in [0.2, 0.25) is 11.9 Å². The second-order valence-electron chi connectivity index (χ2n) is 7.10. The number of carbonyl (C=O) groups is 1. The molecule has 140 valence electrons. The first-order valence-corrected chi connectivity index (χ1v) is 9.15. The third-order valence-corrected chi connectivity index (χ3v) is 5.11. The number of hydrogen-bond acceptors (Lipinski definition) is 4. The summed E-state index contributed by atoms with van der Waals surface area (Å²) >= 11 is 0. The average Bonchev–Trinajstić information content (AvgIpc) is 3.10. The van der Waals surface area contributed by atoms with Crippen LogP contribution in [0.15, 0.2) is 36.4 Å². The minimum Gasteiger partial charge on any atom is -0.340 e. The maximum absolute atomic E-state index is 13.4. The third-order valence-electron chi connectivity index (χ3n) is 5.11. The lowest BCUT2D eigenvalue weighted by Crippen LogP contribution is -2.41. The SMILES string of the molecule is Cc1cc(NC(=O)[C@@H]2CCCN(c3nnc4cccc(C)n34)C2)ccc1F. The molecule has 3 aromatic rings. The van der Waals surface area contributed by atoms with Crippen LogP contribution in [-0.4, -0.2) is 33.6 Å². The number of anilines is 2. The Morgan fingerprint density at radius 2 is 2.07 bits per heavy atom. The normalized spacial score (nSPS) is 17.3. The molecule has 1 amide bonds. The molecule has 0 spiro atoms. The third kappa shape index (κ3) is 3.37. The quantitative estimate of drug-likeness (QED) is 0.771. The van der Waals surface area contributed by atoms with Gasteiger partial charge in [-0.25, -0.2) is 4.39 Å². The van der Waals surface area contributed by atoms with Crippen LogP contribution in [0.5, 0.6) is 0 Å². The fourth-order valence-electron chi connectivity index (χ4n) is 3.63. The number of nitrogens with zero attached hydrogens (tertiary/aromatic N) is 4. The van der Waals surface area contributed by atoms with Crippen LogP contribution in [0.4, 0.5) is 16.0 Å². The van der Waals surface area contributed by atoms with Gasteiger partial charge in [0, 0.05) is 24.5 Å². The topological polar surface area (TPSA) is 62.5 Å². The number of pyridine rings is 1. The molecule has 3 heterocycles. The first-order chi connectivity index (χ1) is 13.0. The number of fused-ring (bicyclic) bond motifs is 1. The summed E-state index contributed by atoms with van der Waals surface area (Å²) in [5.74, 6) is 0.306. The lowest BCUT2D eigenvalue weighted by molar-refractivity contribution is -0.120. The van der Waals surface area contributed by atoms with Crippen molar-refractivity contribution < 1.29 is 9.18 Å². The molecule has 27 heavy (non-hydrogen) atoms. The lowest BCUT2D eigenvalue weighted by atomic mass is 9.97. The summed E-state index contributed by atoms with van der Waals surface area (Å²) in [4.78, 5) is 14.9. The second kappa shape index (κ2) is 6.98. The summed E-state index contributed by atoms with van der Waals surface area (Å²) in [5.41, 5.74) is 3.00. The molecule has 1 atom stereocenters. The summed E-state index contributed by atoms with van der Waals surface area (Å²) in [6.07, 6.45) is 1.72. The molecule has 1 fully saturated rings. The molecule has 1 aliphatic heterocycles. The van der Waals surface area contributed by atoms with Crippen LogP contribution >= 0.6 is 0 Å². The zero-order chi connectivity index (χ0) is 19.0. The largest absolute Gasteiger partial charge is 0.340 e. The van der Waals surface area contributed by atoms with E-state index in [0.717, 1.165) is 36.7 Å². The molecule has 1 saturated heterocycles. The second-order valence-corrected chi connectivity index (χ2v) is 7.10. The standard InChI is InChI=1S/C20H22FN5O/c1-13-11-16(8-9-17(13)21)22-19(27)15-6-4-10-25(12-15)20-24-23-18-7-3-5-14(2)26(18)20/h3,5,7-9,11,15H,4,6,10,12H2,1-2H3,(H,22,27)/t15-/m1/s1. The summed E-state index contributed by atoms with van der Waals surface area (Å²) < 4.78 is 15.4. The van der Waals surface area contributed by atoms with E-state index < -0.39 is 0 Å². The van der Waals surface area contributed by atoms with Gasteiger partial charge < -0.3 is 10.2 Å². The van der Waals surface area contributed by atoms with Gasteiger partial charge in [0.15, 0.2) is 5.65 Å². The molecule has 0 unspecified atom stereocenters. The molecule has 0 saturated carbocycles. The van der Waals surface area contributed by atoms with Gasteiger partial charge in [-0.15, -0.1) is 10.2 Å².